The van der Waals surface area contributed by atoms with Gasteiger partial charge in [-0.2, -0.15) is 0 Å². The largest absolute Gasteiger partial charge is 0.385 e. The van der Waals surface area contributed by atoms with Crippen molar-refractivity contribution >= 4 is 11.6 Å². The molecule has 0 spiro atoms. The van der Waals surface area contributed by atoms with E-state index in [1.807, 2.05) is 6.07 Å². The summed E-state index contributed by atoms with van der Waals surface area (Å²) in [6, 6.07) is 10.0. The van der Waals surface area contributed by atoms with Crippen molar-refractivity contribution in [3.05, 3.63) is 59.7 Å². The summed E-state index contributed by atoms with van der Waals surface area (Å²) in [5.74, 6) is -0.379. The molecule has 2 aromatic rings. The number of halogens is 1. The molecule has 0 aliphatic rings. The Morgan fingerprint density at radius 2 is 1.96 bits per heavy atom. The molecule has 23 heavy (non-hydrogen) atoms. The fraction of sp³-hybridized carbons (Fsp3) is 0.333. The maximum atomic E-state index is 12.8. The summed E-state index contributed by atoms with van der Waals surface area (Å²) >= 11 is 0. The van der Waals surface area contributed by atoms with Crippen molar-refractivity contribution in [1.29, 1.82) is 0 Å². The summed E-state index contributed by atoms with van der Waals surface area (Å²) in [5, 5.41) is 6.11. The van der Waals surface area contributed by atoms with Crippen LogP contribution in [0.25, 0.3) is 0 Å². The normalized spacial score (nSPS) is 10.3. The lowest BCUT2D eigenvalue weighted by Gasteiger charge is -2.08. The highest BCUT2D eigenvalue weighted by molar-refractivity contribution is 5.93. The smallest absolute Gasteiger partial charge is 0.269 e. The number of carbonyl (C=O) groups is 1. The van der Waals surface area contributed by atoms with Crippen LogP contribution in [0.2, 0.25) is 0 Å². The van der Waals surface area contributed by atoms with Crippen LogP contribution in [0.5, 0.6) is 0 Å². The van der Waals surface area contributed by atoms with Crippen LogP contribution in [0, 0.1) is 5.82 Å². The first-order chi connectivity index (χ1) is 11.2. The number of hydrogen-bond donors (Lipinski definition) is 2. The van der Waals surface area contributed by atoms with Crippen molar-refractivity contribution in [2.45, 2.75) is 26.2 Å². The van der Waals surface area contributed by atoms with Gasteiger partial charge in [0.25, 0.3) is 5.91 Å². The maximum absolute atomic E-state index is 12.8. The summed E-state index contributed by atoms with van der Waals surface area (Å²) < 4.78 is 12.8. The van der Waals surface area contributed by atoms with E-state index in [0.29, 0.717) is 18.8 Å². The van der Waals surface area contributed by atoms with Crippen LogP contribution in [0.4, 0.5) is 10.1 Å². The lowest BCUT2D eigenvalue weighted by atomic mass is 10.1. The molecule has 5 heteroatoms. The standard InChI is InChI=1S/C18H22FN3O/c1-2-3-10-22-18(23)17-13-16(9-12-21-17)20-11-8-14-4-6-15(19)7-5-14/h4-7,9,12-13H,2-3,8,10-11H2,1H3,(H,20,21)(H,22,23). The highest BCUT2D eigenvalue weighted by Gasteiger charge is 2.07. The van der Waals surface area contributed by atoms with E-state index in [-0.39, 0.29) is 11.7 Å². The summed E-state index contributed by atoms with van der Waals surface area (Å²) in [7, 11) is 0. The Morgan fingerprint density at radius 1 is 1.17 bits per heavy atom. The molecule has 0 bridgehead atoms. The average molecular weight is 315 g/mol. The Labute approximate surface area is 136 Å². The van der Waals surface area contributed by atoms with E-state index in [4.69, 9.17) is 0 Å². The van der Waals surface area contributed by atoms with Crippen LogP contribution in [0.15, 0.2) is 42.6 Å². The first kappa shape index (κ1) is 16.9. The minimum absolute atomic E-state index is 0.152. The van der Waals surface area contributed by atoms with Crippen molar-refractivity contribution < 1.29 is 9.18 Å². The van der Waals surface area contributed by atoms with Gasteiger partial charge in [0.2, 0.25) is 0 Å². The second kappa shape index (κ2) is 8.88. The van der Waals surface area contributed by atoms with Gasteiger partial charge in [0.05, 0.1) is 0 Å². The number of benzene rings is 1. The predicted octanol–water partition coefficient (Wildman–Crippen LogP) is 3.41. The van der Waals surface area contributed by atoms with Crippen LogP contribution < -0.4 is 10.6 Å². The van der Waals surface area contributed by atoms with Gasteiger partial charge >= 0.3 is 0 Å². The van der Waals surface area contributed by atoms with Gasteiger partial charge < -0.3 is 10.6 Å². The summed E-state index contributed by atoms with van der Waals surface area (Å²) in [6.07, 6.45) is 4.40. The molecule has 0 saturated heterocycles. The molecule has 0 aliphatic carbocycles. The molecule has 2 N–H and O–H groups in total. The predicted molar refractivity (Wildman–Crippen MR) is 90.1 cm³/mol. The number of nitrogens with zero attached hydrogens (tertiary/aromatic N) is 1. The van der Waals surface area contributed by atoms with Crippen molar-refractivity contribution in [3.8, 4) is 0 Å². The van der Waals surface area contributed by atoms with Gasteiger partial charge in [-0.3, -0.25) is 9.78 Å². The zero-order valence-corrected chi connectivity index (χ0v) is 13.3. The molecule has 4 nitrogen and oxygen atoms in total. The third-order valence-electron chi connectivity index (χ3n) is 3.46. The van der Waals surface area contributed by atoms with E-state index in [9.17, 15) is 9.18 Å². The topological polar surface area (TPSA) is 54.0 Å². The third kappa shape index (κ3) is 5.70. The molecule has 0 unspecified atom stereocenters. The molecule has 1 heterocycles. The van der Waals surface area contributed by atoms with Gasteiger partial charge in [0.1, 0.15) is 11.5 Å². The number of rotatable bonds is 8. The zero-order chi connectivity index (χ0) is 16.5. The fourth-order valence-electron chi connectivity index (χ4n) is 2.14. The molecule has 0 fully saturated rings. The zero-order valence-electron chi connectivity index (χ0n) is 13.3. The summed E-state index contributed by atoms with van der Waals surface area (Å²) in [4.78, 5) is 16.1. The van der Waals surface area contributed by atoms with Gasteiger partial charge in [-0.1, -0.05) is 25.5 Å². The molecule has 1 aromatic heterocycles. The van der Waals surface area contributed by atoms with Crippen LogP contribution >= 0.6 is 0 Å². The molecular weight excluding hydrogens is 293 g/mol. The molecule has 122 valence electrons. The van der Waals surface area contributed by atoms with Crippen LogP contribution in [-0.2, 0) is 6.42 Å². The first-order valence-corrected chi connectivity index (χ1v) is 7.91. The van der Waals surface area contributed by atoms with E-state index >= 15 is 0 Å². The van der Waals surface area contributed by atoms with Crippen LogP contribution in [0.1, 0.15) is 35.8 Å². The molecule has 1 amide bonds. The Balaban J connectivity index is 1.84. The number of aromatic nitrogens is 1. The van der Waals surface area contributed by atoms with Crippen molar-refractivity contribution in [1.82, 2.24) is 10.3 Å². The van der Waals surface area contributed by atoms with Gasteiger partial charge in [-0.05, 0) is 42.7 Å². The number of anilines is 1. The van der Waals surface area contributed by atoms with E-state index in [1.165, 1.54) is 12.1 Å². The van der Waals surface area contributed by atoms with E-state index in [2.05, 4.69) is 22.5 Å². The Bertz CT molecular complexity index is 628. The Morgan fingerprint density at radius 3 is 2.70 bits per heavy atom. The molecule has 0 atom stereocenters. The monoisotopic (exact) mass is 315 g/mol. The van der Waals surface area contributed by atoms with E-state index in [1.54, 1.807) is 24.4 Å². The summed E-state index contributed by atoms with van der Waals surface area (Å²) in [6.45, 7) is 3.45. The molecule has 0 aliphatic heterocycles. The molecular formula is C18H22FN3O. The van der Waals surface area contributed by atoms with Crippen LogP contribution in [0.3, 0.4) is 0 Å². The first-order valence-electron chi connectivity index (χ1n) is 7.91. The SMILES string of the molecule is CCCCNC(=O)c1cc(NCCc2ccc(F)cc2)ccn1. The second-order valence-electron chi connectivity index (χ2n) is 5.34. The van der Waals surface area contributed by atoms with Gasteiger partial charge in [0, 0.05) is 25.0 Å². The lowest BCUT2D eigenvalue weighted by Crippen LogP contribution is -2.25. The third-order valence-corrected chi connectivity index (χ3v) is 3.46. The average Bonchev–Trinajstić information content (AvgIpc) is 2.57. The Kier molecular flexibility index (Phi) is 6.54. The highest BCUT2D eigenvalue weighted by atomic mass is 19.1. The number of nitrogens with one attached hydrogen (secondary N) is 2. The molecule has 1 aromatic carbocycles. The Hall–Kier alpha value is -2.43. The van der Waals surface area contributed by atoms with Crippen molar-refractivity contribution in [3.63, 3.8) is 0 Å². The summed E-state index contributed by atoms with van der Waals surface area (Å²) in [5.41, 5.74) is 2.32. The van der Waals surface area contributed by atoms with Gasteiger partial charge in [-0.15, -0.1) is 0 Å². The minimum Gasteiger partial charge on any atom is -0.385 e. The molecule has 0 saturated carbocycles. The fourth-order valence-corrected chi connectivity index (χ4v) is 2.14. The number of pyridine rings is 1. The highest BCUT2D eigenvalue weighted by Crippen LogP contribution is 2.09. The van der Waals surface area contributed by atoms with Crippen molar-refractivity contribution in [2.24, 2.45) is 0 Å². The molecule has 2 rings (SSSR count). The van der Waals surface area contributed by atoms with E-state index < -0.39 is 0 Å². The number of hydrogen-bond acceptors (Lipinski definition) is 3. The number of unbranched alkanes of at least 4 members (excludes halogenated alkanes) is 1. The maximum Gasteiger partial charge on any atom is 0.269 e. The van der Waals surface area contributed by atoms with E-state index in [0.717, 1.165) is 30.5 Å². The minimum atomic E-state index is -0.227. The lowest BCUT2D eigenvalue weighted by molar-refractivity contribution is 0.0948. The van der Waals surface area contributed by atoms with Gasteiger partial charge in [0.15, 0.2) is 0 Å². The van der Waals surface area contributed by atoms with Crippen molar-refractivity contribution in [2.75, 3.05) is 18.4 Å². The van der Waals surface area contributed by atoms with Crippen LogP contribution in [-0.4, -0.2) is 24.0 Å². The second-order valence-corrected chi connectivity index (χ2v) is 5.34. The van der Waals surface area contributed by atoms with Gasteiger partial charge in [-0.25, -0.2) is 4.39 Å². The quantitative estimate of drug-likeness (QED) is 0.734. The number of carbonyl (C=O) groups excluding carboxylic acids is 1. The number of amides is 1. The molecule has 0 radical (unpaired) electrons.